The zero-order valence-electron chi connectivity index (χ0n) is 7.48. The predicted octanol–water partition coefficient (Wildman–Crippen LogP) is 2.82. The molecule has 0 radical (unpaired) electrons. The Balaban J connectivity index is 2.28. The average molecular weight is 219 g/mol. The molecule has 1 aliphatic carbocycles. The molecule has 2 rings (SSSR count). The molecule has 0 aromatic heterocycles. The van der Waals surface area contributed by atoms with Crippen LogP contribution < -0.4 is 5.43 Å². The van der Waals surface area contributed by atoms with Crippen molar-refractivity contribution in [1.29, 1.82) is 0 Å². The van der Waals surface area contributed by atoms with Gasteiger partial charge in [-0.05, 0) is 30.9 Å². The van der Waals surface area contributed by atoms with E-state index in [2.05, 4.69) is 17.5 Å². The Morgan fingerprint density at radius 2 is 2.38 bits per heavy atom. The van der Waals surface area contributed by atoms with Crippen molar-refractivity contribution in [3.8, 4) is 0 Å². The lowest BCUT2D eigenvalue weighted by Crippen LogP contribution is -2.36. The summed E-state index contributed by atoms with van der Waals surface area (Å²) >= 11 is 11.8. The second-order valence-electron chi connectivity index (χ2n) is 3.69. The fourth-order valence-corrected chi connectivity index (χ4v) is 2.24. The smallest absolute Gasteiger partial charge is 0.222 e. The van der Waals surface area contributed by atoms with Gasteiger partial charge in [0.15, 0.2) is 0 Å². The number of hydrogen-bond donors (Lipinski definition) is 1. The second-order valence-corrected chi connectivity index (χ2v) is 5.08. The van der Waals surface area contributed by atoms with Gasteiger partial charge in [-0.3, -0.25) is 5.43 Å². The summed E-state index contributed by atoms with van der Waals surface area (Å²) in [4.78, 5) is 0. The Labute approximate surface area is 88.0 Å². The molecule has 1 unspecified atom stereocenters. The van der Waals surface area contributed by atoms with E-state index in [1.807, 2.05) is 6.08 Å². The van der Waals surface area contributed by atoms with Crippen molar-refractivity contribution < 1.29 is 0 Å². The van der Waals surface area contributed by atoms with E-state index in [9.17, 15) is 0 Å². The van der Waals surface area contributed by atoms with Gasteiger partial charge in [0.25, 0.3) is 0 Å². The van der Waals surface area contributed by atoms with E-state index in [0.717, 1.165) is 12.1 Å². The monoisotopic (exact) mass is 218 g/mol. The molecule has 0 amide bonds. The third-order valence-corrected chi connectivity index (χ3v) is 2.95. The highest BCUT2D eigenvalue weighted by molar-refractivity contribution is 6.49. The van der Waals surface area contributed by atoms with E-state index in [4.69, 9.17) is 23.2 Å². The molecule has 1 aliphatic heterocycles. The molecular formula is C9H12Cl2N2. The Morgan fingerprint density at radius 3 is 3.15 bits per heavy atom. The third kappa shape index (κ3) is 1.84. The summed E-state index contributed by atoms with van der Waals surface area (Å²) in [7, 11) is 0. The molecule has 2 nitrogen and oxygen atoms in total. The fraction of sp³-hybridized carbons (Fsp3) is 0.667. The largest absolute Gasteiger partial charge is 0.272 e. The van der Waals surface area contributed by atoms with Gasteiger partial charge in [-0.1, -0.05) is 30.1 Å². The zero-order chi connectivity index (χ0) is 9.47. The Bertz CT molecular complexity index is 281. The molecule has 1 saturated carbocycles. The van der Waals surface area contributed by atoms with Crippen molar-refractivity contribution in [2.75, 3.05) is 0 Å². The molecule has 1 N–H and O–H groups in total. The molecule has 0 bridgehead atoms. The van der Waals surface area contributed by atoms with Crippen LogP contribution in [0.15, 0.2) is 16.8 Å². The molecular weight excluding hydrogens is 207 g/mol. The predicted molar refractivity (Wildman–Crippen MR) is 56.1 cm³/mol. The molecule has 1 fully saturated rings. The lowest BCUT2D eigenvalue weighted by Gasteiger charge is -2.30. The van der Waals surface area contributed by atoms with Crippen LogP contribution in [0.3, 0.4) is 0 Å². The van der Waals surface area contributed by atoms with Gasteiger partial charge in [-0.25, -0.2) is 0 Å². The third-order valence-electron chi connectivity index (χ3n) is 2.56. The normalized spacial score (nSPS) is 31.2. The summed E-state index contributed by atoms with van der Waals surface area (Å²) in [5.74, 6) is 0.525. The van der Waals surface area contributed by atoms with E-state index in [1.165, 1.54) is 18.4 Å². The lowest BCUT2D eigenvalue weighted by molar-refractivity contribution is 0.575. The first kappa shape index (κ1) is 9.35. The van der Waals surface area contributed by atoms with Crippen LogP contribution in [0.1, 0.15) is 26.2 Å². The van der Waals surface area contributed by atoms with E-state index < -0.39 is 4.46 Å². The number of alkyl halides is 2. The minimum Gasteiger partial charge on any atom is -0.272 e. The maximum atomic E-state index is 5.91. The number of fused-ring (bicyclic) bond motifs is 1. The zero-order valence-corrected chi connectivity index (χ0v) is 8.99. The van der Waals surface area contributed by atoms with Crippen LogP contribution in [0.25, 0.3) is 0 Å². The minimum atomic E-state index is -1.00. The number of nitrogens with zero attached hydrogens (tertiary/aromatic N) is 1. The number of allylic oxidation sites excluding steroid dienone is 1. The summed E-state index contributed by atoms with van der Waals surface area (Å²) < 4.78 is -1.00. The number of hydrazone groups is 1. The quantitative estimate of drug-likeness (QED) is 0.491. The number of rotatable bonds is 0. The number of hydrogen-bond acceptors (Lipinski definition) is 2. The van der Waals surface area contributed by atoms with Gasteiger partial charge in [0, 0.05) is 5.92 Å². The van der Waals surface area contributed by atoms with Gasteiger partial charge in [-0.15, -0.1) is 0 Å². The van der Waals surface area contributed by atoms with Crippen LogP contribution in [0.5, 0.6) is 0 Å². The van der Waals surface area contributed by atoms with Crippen LogP contribution in [0.2, 0.25) is 0 Å². The van der Waals surface area contributed by atoms with Crippen molar-refractivity contribution in [1.82, 2.24) is 5.43 Å². The van der Waals surface area contributed by atoms with Crippen LogP contribution in [-0.4, -0.2) is 10.2 Å². The summed E-state index contributed by atoms with van der Waals surface area (Å²) in [5, 5.41) is 4.22. The molecule has 0 aromatic rings. The van der Waals surface area contributed by atoms with Crippen molar-refractivity contribution in [2.45, 2.75) is 30.6 Å². The molecule has 0 spiro atoms. The number of halogens is 2. The summed E-state index contributed by atoms with van der Waals surface area (Å²) in [6.07, 6.45) is 5.32. The van der Waals surface area contributed by atoms with Crippen LogP contribution >= 0.6 is 23.2 Å². The van der Waals surface area contributed by atoms with Crippen molar-refractivity contribution >= 4 is 28.9 Å². The maximum absolute atomic E-state index is 5.91. The molecule has 0 saturated heterocycles. The first-order chi connectivity index (χ1) is 6.08. The summed E-state index contributed by atoms with van der Waals surface area (Å²) in [5.41, 5.74) is 5.07. The molecule has 4 heteroatoms. The lowest BCUT2D eigenvalue weighted by atomic mass is 9.84. The Hall–Kier alpha value is -0.210. The number of nitrogens with one attached hydrogen (secondary N) is 1. The molecule has 72 valence electrons. The van der Waals surface area contributed by atoms with E-state index in [0.29, 0.717) is 5.92 Å². The van der Waals surface area contributed by atoms with Crippen LogP contribution in [0, 0.1) is 5.92 Å². The van der Waals surface area contributed by atoms with Crippen molar-refractivity contribution in [2.24, 2.45) is 11.0 Å². The Kier molecular flexibility index (Phi) is 2.28. The topological polar surface area (TPSA) is 24.4 Å². The minimum absolute atomic E-state index is 0.525. The van der Waals surface area contributed by atoms with E-state index in [1.54, 1.807) is 0 Å². The molecule has 2 aliphatic rings. The molecule has 0 aromatic carbocycles. The average Bonchev–Trinajstić information content (AvgIpc) is 2.02. The Morgan fingerprint density at radius 1 is 1.62 bits per heavy atom. The highest BCUT2D eigenvalue weighted by Crippen LogP contribution is 2.33. The highest BCUT2D eigenvalue weighted by atomic mass is 35.5. The van der Waals surface area contributed by atoms with Gasteiger partial charge in [0.2, 0.25) is 4.46 Å². The standard InChI is InChI=1S/C9H12Cl2N2/c1-6-3-2-4-7-5-9(10,11)13-12-8(6)7/h5-6,13H,2-4H2,1H3. The van der Waals surface area contributed by atoms with Gasteiger partial charge in [0.05, 0.1) is 5.71 Å². The van der Waals surface area contributed by atoms with Gasteiger partial charge in [0.1, 0.15) is 0 Å². The first-order valence-corrected chi connectivity index (χ1v) is 5.29. The molecule has 1 heterocycles. The summed E-state index contributed by atoms with van der Waals surface area (Å²) in [6.45, 7) is 2.18. The van der Waals surface area contributed by atoms with Gasteiger partial charge < -0.3 is 0 Å². The highest BCUT2D eigenvalue weighted by Gasteiger charge is 2.30. The van der Waals surface area contributed by atoms with Crippen molar-refractivity contribution in [3.05, 3.63) is 11.6 Å². The molecule has 13 heavy (non-hydrogen) atoms. The maximum Gasteiger partial charge on any atom is 0.222 e. The van der Waals surface area contributed by atoms with Crippen LogP contribution in [0.4, 0.5) is 0 Å². The van der Waals surface area contributed by atoms with Gasteiger partial charge >= 0.3 is 0 Å². The van der Waals surface area contributed by atoms with E-state index in [-0.39, 0.29) is 0 Å². The fourth-order valence-electron chi connectivity index (χ4n) is 1.89. The van der Waals surface area contributed by atoms with E-state index >= 15 is 0 Å². The summed E-state index contributed by atoms with van der Waals surface area (Å²) in [6, 6.07) is 0. The first-order valence-electron chi connectivity index (χ1n) is 4.53. The van der Waals surface area contributed by atoms with Crippen molar-refractivity contribution in [3.63, 3.8) is 0 Å². The SMILES string of the molecule is CC1CCCC2=CC(Cl)(Cl)NN=C21. The van der Waals surface area contributed by atoms with Crippen LogP contribution in [-0.2, 0) is 0 Å². The molecule has 1 atom stereocenters. The second kappa shape index (κ2) is 3.18. The van der Waals surface area contributed by atoms with Gasteiger partial charge in [-0.2, -0.15) is 5.10 Å².